The van der Waals surface area contributed by atoms with E-state index >= 15 is 0 Å². The highest BCUT2D eigenvalue weighted by Crippen LogP contribution is 2.37. The van der Waals surface area contributed by atoms with Gasteiger partial charge in [-0.25, -0.2) is 0 Å². The molecule has 5 nitrogen and oxygen atoms in total. The fourth-order valence-corrected chi connectivity index (χ4v) is 3.54. The Morgan fingerprint density at radius 3 is 2.85 bits per heavy atom. The van der Waals surface area contributed by atoms with Crippen LogP contribution in [-0.2, 0) is 4.79 Å². The number of amides is 2. The molecule has 2 atom stereocenters. The van der Waals surface area contributed by atoms with Gasteiger partial charge in [0.1, 0.15) is 0 Å². The fraction of sp³-hybridized carbons (Fsp3) is 0.600. The van der Waals surface area contributed by atoms with Crippen LogP contribution in [0.2, 0.25) is 0 Å². The van der Waals surface area contributed by atoms with Crippen molar-refractivity contribution in [3.8, 4) is 0 Å². The summed E-state index contributed by atoms with van der Waals surface area (Å²) in [5.74, 6) is 1.21. The van der Waals surface area contributed by atoms with Gasteiger partial charge in [0.25, 0.3) is 5.91 Å². The van der Waals surface area contributed by atoms with Gasteiger partial charge in [0.2, 0.25) is 5.91 Å². The second kappa shape index (κ2) is 4.36. The third-order valence-corrected chi connectivity index (χ3v) is 4.76. The van der Waals surface area contributed by atoms with Crippen molar-refractivity contribution in [1.29, 1.82) is 0 Å². The predicted molar refractivity (Wildman–Crippen MR) is 71.0 cm³/mol. The Labute approximate surface area is 117 Å². The van der Waals surface area contributed by atoms with E-state index in [1.807, 2.05) is 9.80 Å². The predicted octanol–water partition coefficient (Wildman–Crippen LogP) is 1.51. The van der Waals surface area contributed by atoms with Crippen LogP contribution in [0.4, 0.5) is 0 Å². The van der Waals surface area contributed by atoms with Crippen molar-refractivity contribution < 1.29 is 14.0 Å². The normalized spacial score (nSPS) is 29.1. The highest BCUT2D eigenvalue weighted by atomic mass is 16.3. The Morgan fingerprint density at radius 2 is 2.15 bits per heavy atom. The first-order valence-electron chi connectivity index (χ1n) is 7.38. The lowest BCUT2D eigenvalue weighted by Gasteiger charge is -2.25. The van der Waals surface area contributed by atoms with Gasteiger partial charge in [0.05, 0.1) is 18.3 Å². The second-order valence-corrected chi connectivity index (χ2v) is 6.09. The summed E-state index contributed by atoms with van der Waals surface area (Å²) in [6.07, 6.45) is 5.38. The van der Waals surface area contributed by atoms with E-state index in [0.717, 1.165) is 19.5 Å². The number of likely N-dealkylation sites (tertiary alicyclic amines) is 2. The Morgan fingerprint density at radius 1 is 1.30 bits per heavy atom. The summed E-state index contributed by atoms with van der Waals surface area (Å²) in [5.41, 5.74) is 0. The van der Waals surface area contributed by atoms with Crippen LogP contribution in [0.5, 0.6) is 0 Å². The van der Waals surface area contributed by atoms with E-state index in [0.29, 0.717) is 18.1 Å². The van der Waals surface area contributed by atoms with Crippen LogP contribution >= 0.6 is 0 Å². The number of rotatable bonds is 3. The Kier molecular flexibility index (Phi) is 2.62. The highest BCUT2D eigenvalue weighted by Gasteiger charge is 2.49. The van der Waals surface area contributed by atoms with Crippen LogP contribution in [-0.4, -0.2) is 46.8 Å². The lowest BCUT2D eigenvalue weighted by molar-refractivity contribution is -0.129. The van der Waals surface area contributed by atoms with Crippen molar-refractivity contribution in [2.24, 2.45) is 5.92 Å². The van der Waals surface area contributed by atoms with Gasteiger partial charge >= 0.3 is 0 Å². The van der Waals surface area contributed by atoms with E-state index in [9.17, 15) is 9.59 Å². The molecule has 0 bridgehead atoms. The number of hydrogen-bond acceptors (Lipinski definition) is 3. The lowest BCUT2D eigenvalue weighted by atomic mass is 10.1. The van der Waals surface area contributed by atoms with Crippen molar-refractivity contribution >= 4 is 11.8 Å². The average molecular weight is 274 g/mol. The van der Waals surface area contributed by atoms with E-state index in [1.54, 1.807) is 12.1 Å². The van der Waals surface area contributed by atoms with Gasteiger partial charge in [0, 0.05) is 19.5 Å². The van der Waals surface area contributed by atoms with Crippen LogP contribution in [0.15, 0.2) is 22.8 Å². The maximum Gasteiger partial charge on any atom is 0.289 e. The largest absolute Gasteiger partial charge is 0.459 e. The zero-order chi connectivity index (χ0) is 13.7. The number of hydrogen-bond donors (Lipinski definition) is 0. The van der Waals surface area contributed by atoms with Crippen LogP contribution in [0.1, 0.15) is 36.2 Å². The summed E-state index contributed by atoms with van der Waals surface area (Å²) in [4.78, 5) is 28.4. The Balaban J connectivity index is 1.52. The van der Waals surface area contributed by atoms with E-state index in [1.165, 1.54) is 19.1 Å². The number of nitrogens with zero attached hydrogens (tertiary/aromatic N) is 2. The maximum atomic E-state index is 12.4. The molecule has 1 saturated carbocycles. The van der Waals surface area contributed by atoms with Crippen molar-refractivity contribution in [2.75, 3.05) is 13.1 Å². The topological polar surface area (TPSA) is 53.8 Å². The molecule has 106 valence electrons. The molecule has 0 spiro atoms. The van der Waals surface area contributed by atoms with Crippen LogP contribution in [0, 0.1) is 5.92 Å². The molecule has 4 rings (SSSR count). The molecule has 2 saturated heterocycles. The van der Waals surface area contributed by atoms with Gasteiger partial charge in [-0.15, -0.1) is 0 Å². The molecular formula is C15H18N2O3. The molecule has 0 aromatic carbocycles. The minimum Gasteiger partial charge on any atom is -0.459 e. The first-order chi connectivity index (χ1) is 9.74. The SMILES string of the molecule is O=C1C[C@H]2[C@@H](CCN2C(=O)c2ccco2)N1CC1CC1. The highest BCUT2D eigenvalue weighted by molar-refractivity contribution is 5.93. The molecule has 1 aromatic heterocycles. The molecule has 3 aliphatic rings. The zero-order valence-electron chi connectivity index (χ0n) is 11.3. The van der Waals surface area contributed by atoms with Crippen molar-refractivity contribution in [2.45, 2.75) is 37.8 Å². The fourth-order valence-electron chi connectivity index (χ4n) is 3.54. The van der Waals surface area contributed by atoms with Crippen molar-refractivity contribution in [3.05, 3.63) is 24.2 Å². The Bertz CT molecular complexity index is 535. The third-order valence-electron chi connectivity index (χ3n) is 4.76. The summed E-state index contributed by atoms with van der Waals surface area (Å²) in [6.45, 7) is 1.62. The van der Waals surface area contributed by atoms with E-state index < -0.39 is 0 Å². The monoisotopic (exact) mass is 274 g/mol. The standard InChI is InChI=1S/C15H18N2O3/c18-14-8-12-11(17(14)9-10-3-4-10)5-6-16(12)15(19)13-2-1-7-20-13/h1-2,7,10-12H,3-6,8-9H2/t11-,12+/m1/s1. The summed E-state index contributed by atoms with van der Waals surface area (Å²) >= 11 is 0. The average Bonchev–Trinajstić information content (AvgIpc) is 2.87. The van der Waals surface area contributed by atoms with Gasteiger partial charge in [-0.1, -0.05) is 0 Å². The van der Waals surface area contributed by atoms with Crippen LogP contribution in [0.25, 0.3) is 0 Å². The number of carbonyl (C=O) groups is 2. The van der Waals surface area contributed by atoms with Gasteiger partial charge < -0.3 is 14.2 Å². The van der Waals surface area contributed by atoms with Crippen molar-refractivity contribution in [1.82, 2.24) is 9.80 Å². The third kappa shape index (κ3) is 1.84. The summed E-state index contributed by atoms with van der Waals surface area (Å²) in [6, 6.07) is 3.68. The molecule has 2 amide bonds. The molecule has 1 aliphatic carbocycles. The molecule has 2 aliphatic heterocycles. The molecule has 0 N–H and O–H groups in total. The molecule has 5 heteroatoms. The molecule has 1 aromatic rings. The summed E-state index contributed by atoms with van der Waals surface area (Å²) < 4.78 is 5.19. The van der Waals surface area contributed by atoms with E-state index in [4.69, 9.17) is 4.42 Å². The maximum absolute atomic E-state index is 12.4. The van der Waals surface area contributed by atoms with Crippen molar-refractivity contribution in [3.63, 3.8) is 0 Å². The lowest BCUT2D eigenvalue weighted by Crippen LogP contribution is -2.40. The number of fused-ring (bicyclic) bond motifs is 1. The number of furan rings is 1. The molecule has 20 heavy (non-hydrogen) atoms. The van der Waals surface area contributed by atoms with Crippen LogP contribution in [0.3, 0.4) is 0 Å². The van der Waals surface area contributed by atoms with E-state index in [2.05, 4.69) is 0 Å². The van der Waals surface area contributed by atoms with Crippen LogP contribution < -0.4 is 0 Å². The van der Waals surface area contributed by atoms with Gasteiger partial charge in [-0.2, -0.15) is 0 Å². The first-order valence-corrected chi connectivity index (χ1v) is 7.38. The molecule has 3 heterocycles. The Hall–Kier alpha value is -1.78. The second-order valence-electron chi connectivity index (χ2n) is 6.09. The van der Waals surface area contributed by atoms with Gasteiger partial charge in [-0.3, -0.25) is 9.59 Å². The summed E-state index contributed by atoms with van der Waals surface area (Å²) in [5, 5.41) is 0. The zero-order valence-corrected chi connectivity index (χ0v) is 11.3. The minimum absolute atomic E-state index is 0.0406. The smallest absolute Gasteiger partial charge is 0.289 e. The first kappa shape index (κ1) is 12.0. The van der Waals surface area contributed by atoms with Gasteiger partial charge in [-0.05, 0) is 37.3 Å². The van der Waals surface area contributed by atoms with Gasteiger partial charge in [0.15, 0.2) is 5.76 Å². The molecular weight excluding hydrogens is 256 g/mol. The molecule has 3 fully saturated rings. The molecule has 0 radical (unpaired) electrons. The number of carbonyl (C=O) groups excluding carboxylic acids is 2. The molecule has 0 unspecified atom stereocenters. The quantitative estimate of drug-likeness (QED) is 0.839. The minimum atomic E-state index is -0.0800. The van der Waals surface area contributed by atoms with E-state index in [-0.39, 0.29) is 23.9 Å². The summed E-state index contributed by atoms with van der Waals surface area (Å²) in [7, 11) is 0.